The summed E-state index contributed by atoms with van der Waals surface area (Å²) in [6.07, 6.45) is 0. The summed E-state index contributed by atoms with van der Waals surface area (Å²) >= 11 is 0. The smallest absolute Gasteiger partial charge is 0.271 e. The lowest BCUT2D eigenvalue weighted by molar-refractivity contribution is -0.384. The van der Waals surface area contributed by atoms with Crippen molar-refractivity contribution in [2.24, 2.45) is 0 Å². The lowest BCUT2D eigenvalue weighted by atomic mass is 10.4. The number of hydrogen-bond acceptors (Lipinski definition) is 5. The summed E-state index contributed by atoms with van der Waals surface area (Å²) in [5, 5.41) is 10.5. The van der Waals surface area contributed by atoms with Gasteiger partial charge in [-0.05, 0) is 6.07 Å². The molecule has 76 valence electrons. The van der Waals surface area contributed by atoms with E-state index >= 15 is 0 Å². The lowest BCUT2D eigenvalue weighted by Crippen LogP contribution is -1.91. The molecular formula is C9H6N2O4. The quantitative estimate of drug-likeness (QED) is 0.520. The van der Waals surface area contributed by atoms with Gasteiger partial charge in [0.2, 0.25) is 11.0 Å². The maximum Gasteiger partial charge on any atom is 0.271 e. The fraction of sp³-hybridized carbons (Fsp3) is 0.111. The molecule has 0 fully saturated rings. The van der Waals surface area contributed by atoms with Crippen LogP contribution in [0.4, 0.5) is 5.69 Å². The number of nitro groups is 1. The molecule has 0 aliphatic heterocycles. The van der Waals surface area contributed by atoms with E-state index in [0.717, 1.165) is 12.1 Å². The zero-order valence-corrected chi connectivity index (χ0v) is 7.76. The van der Waals surface area contributed by atoms with Gasteiger partial charge in [-0.1, -0.05) is 0 Å². The van der Waals surface area contributed by atoms with E-state index in [1.54, 1.807) is 6.92 Å². The number of rotatable bonds is 1. The lowest BCUT2D eigenvalue weighted by Gasteiger charge is -1.82. The van der Waals surface area contributed by atoms with E-state index in [1.807, 2.05) is 0 Å². The molecule has 1 aromatic heterocycles. The number of hydrogen-bond donors (Lipinski definition) is 0. The van der Waals surface area contributed by atoms with Gasteiger partial charge in [0.1, 0.15) is 5.52 Å². The molecule has 15 heavy (non-hydrogen) atoms. The maximum absolute atomic E-state index is 11.4. The van der Waals surface area contributed by atoms with Gasteiger partial charge >= 0.3 is 0 Å². The van der Waals surface area contributed by atoms with E-state index in [9.17, 15) is 14.9 Å². The van der Waals surface area contributed by atoms with Crippen molar-refractivity contribution < 1.29 is 9.34 Å². The van der Waals surface area contributed by atoms with Gasteiger partial charge in [0.15, 0.2) is 5.89 Å². The van der Waals surface area contributed by atoms with Crippen molar-refractivity contribution in [2.45, 2.75) is 6.92 Å². The fourth-order valence-corrected chi connectivity index (χ4v) is 1.26. The van der Waals surface area contributed by atoms with E-state index in [1.165, 1.54) is 6.07 Å². The molecule has 0 aliphatic rings. The van der Waals surface area contributed by atoms with Crippen LogP contribution in [0.5, 0.6) is 0 Å². The van der Waals surface area contributed by atoms with Crippen molar-refractivity contribution in [3.63, 3.8) is 0 Å². The topological polar surface area (TPSA) is 86.2 Å². The summed E-state index contributed by atoms with van der Waals surface area (Å²) in [6.45, 7) is 1.57. The van der Waals surface area contributed by atoms with Gasteiger partial charge in [-0.15, -0.1) is 0 Å². The van der Waals surface area contributed by atoms with Crippen LogP contribution in [0, 0.1) is 17.0 Å². The minimum Gasteiger partial charge on any atom is -0.437 e. The van der Waals surface area contributed by atoms with Crippen molar-refractivity contribution in [1.82, 2.24) is 4.98 Å². The van der Waals surface area contributed by atoms with Crippen molar-refractivity contribution in [3.8, 4) is 0 Å². The van der Waals surface area contributed by atoms with Crippen molar-refractivity contribution in [1.29, 1.82) is 0 Å². The Labute approximate surface area is 83.3 Å². The van der Waals surface area contributed by atoms with Gasteiger partial charge in [0.05, 0.1) is 4.92 Å². The van der Waals surface area contributed by atoms with Crippen LogP contribution in [0.15, 0.2) is 27.4 Å². The highest BCUT2D eigenvalue weighted by atomic mass is 16.6. The van der Waals surface area contributed by atoms with E-state index in [4.69, 9.17) is 4.42 Å². The predicted octanol–water partition coefficient (Wildman–Crippen LogP) is 1.40. The molecule has 1 heterocycles. The monoisotopic (exact) mass is 206 g/mol. The van der Waals surface area contributed by atoms with E-state index < -0.39 is 10.4 Å². The molecule has 0 unspecified atom stereocenters. The van der Waals surface area contributed by atoms with Crippen LogP contribution in [-0.4, -0.2) is 9.91 Å². The molecule has 0 N–H and O–H groups in total. The van der Waals surface area contributed by atoms with Gasteiger partial charge in [-0.3, -0.25) is 14.9 Å². The SMILES string of the molecule is Cc1nc2cc([N+](=O)[O-])ccc(=O)c2o1. The van der Waals surface area contributed by atoms with Crippen LogP contribution in [0.2, 0.25) is 0 Å². The van der Waals surface area contributed by atoms with Gasteiger partial charge in [0, 0.05) is 19.1 Å². The van der Waals surface area contributed by atoms with Crippen LogP contribution in [0.3, 0.4) is 0 Å². The zero-order chi connectivity index (χ0) is 11.0. The van der Waals surface area contributed by atoms with Gasteiger partial charge in [-0.2, -0.15) is 0 Å². The minimum atomic E-state index is -0.580. The zero-order valence-electron chi connectivity index (χ0n) is 7.76. The predicted molar refractivity (Wildman–Crippen MR) is 51.7 cm³/mol. The van der Waals surface area contributed by atoms with Gasteiger partial charge in [-0.25, -0.2) is 4.98 Å². The molecule has 0 atom stereocenters. The highest BCUT2D eigenvalue weighted by molar-refractivity contribution is 5.73. The highest BCUT2D eigenvalue weighted by Crippen LogP contribution is 2.15. The van der Waals surface area contributed by atoms with Crippen molar-refractivity contribution in [2.75, 3.05) is 0 Å². The van der Waals surface area contributed by atoms with E-state index in [-0.39, 0.29) is 16.8 Å². The molecule has 1 aromatic carbocycles. The molecule has 0 spiro atoms. The molecule has 0 saturated carbocycles. The minimum absolute atomic E-state index is 0.0422. The Morgan fingerprint density at radius 1 is 1.47 bits per heavy atom. The maximum atomic E-state index is 11.4. The first-order valence-electron chi connectivity index (χ1n) is 4.14. The third-order valence-corrected chi connectivity index (χ3v) is 1.88. The molecule has 0 saturated heterocycles. The average Bonchev–Trinajstić information content (AvgIpc) is 2.46. The van der Waals surface area contributed by atoms with Crippen LogP contribution in [0.25, 0.3) is 11.1 Å². The molecule has 0 radical (unpaired) electrons. The first kappa shape index (κ1) is 9.32. The molecular weight excluding hydrogens is 200 g/mol. The third-order valence-electron chi connectivity index (χ3n) is 1.88. The standard InChI is InChI=1S/C9H6N2O4/c1-5-10-7-4-6(11(13)14)2-3-8(12)9(7)15-5/h2-4H,1H3. The van der Waals surface area contributed by atoms with Gasteiger partial charge in [0.25, 0.3) is 5.69 Å². The Bertz CT molecular complexity index is 603. The van der Waals surface area contributed by atoms with Crippen LogP contribution in [0.1, 0.15) is 5.89 Å². The molecule has 0 amide bonds. The second-order valence-corrected chi connectivity index (χ2v) is 2.97. The number of fused-ring (bicyclic) bond motifs is 1. The Kier molecular flexibility index (Phi) is 1.96. The normalized spacial score (nSPS) is 10.5. The summed E-state index contributed by atoms with van der Waals surface area (Å²) in [4.78, 5) is 25.3. The van der Waals surface area contributed by atoms with Crippen LogP contribution < -0.4 is 5.43 Å². The third kappa shape index (κ3) is 1.56. The number of oxazole rings is 1. The summed E-state index contributed by atoms with van der Waals surface area (Å²) in [7, 11) is 0. The van der Waals surface area contributed by atoms with E-state index in [2.05, 4.69) is 4.98 Å². The number of aromatic nitrogens is 1. The number of nitrogens with zero attached hydrogens (tertiary/aromatic N) is 2. The first-order chi connectivity index (χ1) is 7.08. The van der Waals surface area contributed by atoms with E-state index in [0.29, 0.717) is 5.89 Å². The average molecular weight is 206 g/mol. The van der Waals surface area contributed by atoms with Crippen molar-refractivity contribution in [3.05, 3.63) is 44.4 Å². The molecule has 6 nitrogen and oxygen atoms in total. The fourth-order valence-electron chi connectivity index (χ4n) is 1.26. The van der Waals surface area contributed by atoms with Crippen LogP contribution in [-0.2, 0) is 0 Å². The van der Waals surface area contributed by atoms with Crippen LogP contribution >= 0.6 is 0 Å². The van der Waals surface area contributed by atoms with Gasteiger partial charge < -0.3 is 4.42 Å². The summed E-state index contributed by atoms with van der Waals surface area (Å²) in [5.74, 6) is 0.308. The highest BCUT2D eigenvalue weighted by Gasteiger charge is 2.10. The molecule has 2 rings (SSSR count). The Morgan fingerprint density at radius 3 is 2.87 bits per heavy atom. The van der Waals surface area contributed by atoms with Crippen molar-refractivity contribution >= 4 is 16.8 Å². The first-order valence-corrected chi connectivity index (χ1v) is 4.14. The largest absolute Gasteiger partial charge is 0.437 e. The Balaban J connectivity index is 2.90. The second kappa shape index (κ2) is 3.16. The Hall–Kier alpha value is -2.24. The second-order valence-electron chi connectivity index (χ2n) is 2.97. The summed E-state index contributed by atoms with van der Waals surface area (Å²) in [6, 6.07) is 3.45. The molecule has 2 aromatic rings. The molecule has 0 bridgehead atoms. The molecule has 0 aliphatic carbocycles. The molecule has 6 heteroatoms. The number of aryl methyl sites for hydroxylation is 1. The Morgan fingerprint density at radius 2 is 2.20 bits per heavy atom. The summed E-state index contributed by atoms with van der Waals surface area (Å²) in [5.41, 5.74) is -0.357. The summed E-state index contributed by atoms with van der Waals surface area (Å²) < 4.78 is 5.05.